The van der Waals surface area contributed by atoms with Crippen molar-refractivity contribution in [2.45, 2.75) is 0 Å². The fourth-order valence-corrected chi connectivity index (χ4v) is 2.20. The SMILES string of the molecule is COc1ccc(-c2cccc(NC(=O)COc3ccccc3)c2)nn1. The number of carbonyl (C=O) groups excluding carboxylic acids is 1. The Kier molecular flexibility index (Phi) is 5.21. The highest BCUT2D eigenvalue weighted by Crippen LogP contribution is 2.21. The quantitative estimate of drug-likeness (QED) is 0.749. The second-order valence-electron chi connectivity index (χ2n) is 5.19. The predicted octanol–water partition coefficient (Wildman–Crippen LogP) is 3.17. The van der Waals surface area contributed by atoms with Crippen molar-refractivity contribution >= 4 is 11.6 Å². The van der Waals surface area contributed by atoms with Crippen molar-refractivity contribution in [1.29, 1.82) is 0 Å². The van der Waals surface area contributed by atoms with E-state index in [0.29, 0.717) is 23.0 Å². The molecule has 2 aromatic carbocycles. The van der Waals surface area contributed by atoms with E-state index in [1.165, 1.54) is 7.11 Å². The van der Waals surface area contributed by atoms with Gasteiger partial charge in [-0.05, 0) is 30.3 Å². The van der Waals surface area contributed by atoms with E-state index in [1.54, 1.807) is 24.3 Å². The normalized spacial score (nSPS) is 10.1. The maximum atomic E-state index is 12.0. The standard InChI is InChI=1S/C19H17N3O3/c1-24-19-11-10-17(21-22-19)14-6-5-7-15(12-14)20-18(23)13-25-16-8-3-2-4-9-16/h2-12H,13H2,1H3,(H,20,23). The van der Waals surface area contributed by atoms with Gasteiger partial charge in [-0.1, -0.05) is 30.3 Å². The van der Waals surface area contributed by atoms with Gasteiger partial charge in [-0.3, -0.25) is 4.79 Å². The minimum absolute atomic E-state index is 0.0589. The molecule has 126 valence electrons. The topological polar surface area (TPSA) is 73.3 Å². The fraction of sp³-hybridized carbons (Fsp3) is 0.105. The van der Waals surface area contributed by atoms with Crippen molar-refractivity contribution in [3.63, 3.8) is 0 Å². The van der Waals surface area contributed by atoms with E-state index in [4.69, 9.17) is 9.47 Å². The Labute approximate surface area is 145 Å². The third-order valence-electron chi connectivity index (χ3n) is 3.40. The number of nitrogens with zero attached hydrogens (tertiary/aromatic N) is 2. The summed E-state index contributed by atoms with van der Waals surface area (Å²) in [6, 6.07) is 20.1. The number of para-hydroxylation sites is 1. The molecular formula is C19H17N3O3. The highest BCUT2D eigenvalue weighted by molar-refractivity contribution is 5.92. The summed E-state index contributed by atoms with van der Waals surface area (Å²) in [4.78, 5) is 12.0. The first-order valence-electron chi connectivity index (χ1n) is 7.70. The molecule has 0 radical (unpaired) electrons. The van der Waals surface area contributed by atoms with Gasteiger partial charge in [0.15, 0.2) is 6.61 Å². The Hall–Kier alpha value is -3.41. The van der Waals surface area contributed by atoms with Crippen LogP contribution in [0.15, 0.2) is 66.7 Å². The van der Waals surface area contributed by atoms with Gasteiger partial charge in [-0.2, -0.15) is 0 Å². The lowest BCUT2D eigenvalue weighted by Crippen LogP contribution is -2.20. The van der Waals surface area contributed by atoms with Crippen LogP contribution in [0.3, 0.4) is 0 Å². The second-order valence-corrected chi connectivity index (χ2v) is 5.19. The molecule has 1 amide bonds. The van der Waals surface area contributed by atoms with Gasteiger partial charge in [-0.15, -0.1) is 10.2 Å². The molecule has 0 unspecified atom stereocenters. The summed E-state index contributed by atoms with van der Waals surface area (Å²) in [6.45, 7) is -0.0589. The van der Waals surface area contributed by atoms with E-state index in [-0.39, 0.29) is 12.5 Å². The van der Waals surface area contributed by atoms with Crippen LogP contribution in [0.2, 0.25) is 0 Å². The molecule has 0 atom stereocenters. The number of benzene rings is 2. The highest BCUT2D eigenvalue weighted by atomic mass is 16.5. The van der Waals surface area contributed by atoms with Crippen LogP contribution < -0.4 is 14.8 Å². The Morgan fingerprint density at radius 3 is 2.56 bits per heavy atom. The van der Waals surface area contributed by atoms with Crippen LogP contribution in [0.4, 0.5) is 5.69 Å². The van der Waals surface area contributed by atoms with Crippen LogP contribution in [0.25, 0.3) is 11.3 Å². The first-order valence-corrected chi connectivity index (χ1v) is 7.70. The van der Waals surface area contributed by atoms with Gasteiger partial charge in [0.1, 0.15) is 5.75 Å². The van der Waals surface area contributed by atoms with E-state index >= 15 is 0 Å². The van der Waals surface area contributed by atoms with Crippen molar-refractivity contribution in [2.24, 2.45) is 0 Å². The summed E-state index contributed by atoms with van der Waals surface area (Å²) in [5, 5.41) is 10.9. The van der Waals surface area contributed by atoms with Gasteiger partial charge in [-0.25, -0.2) is 0 Å². The summed E-state index contributed by atoms with van der Waals surface area (Å²) in [5.41, 5.74) is 2.20. The van der Waals surface area contributed by atoms with Gasteiger partial charge >= 0.3 is 0 Å². The summed E-state index contributed by atoms with van der Waals surface area (Å²) >= 11 is 0. The van der Waals surface area contributed by atoms with Crippen molar-refractivity contribution in [3.8, 4) is 22.9 Å². The number of hydrogen-bond acceptors (Lipinski definition) is 5. The molecule has 0 saturated carbocycles. The van der Waals surface area contributed by atoms with Gasteiger partial charge < -0.3 is 14.8 Å². The summed E-state index contributed by atoms with van der Waals surface area (Å²) in [6.07, 6.45) is 0. The number of amides is 1. The summed E-state index contributed by atoms with van der Waals surface area (Å²) in [7, 11) is 1.54. The van der Waals surface area contributed by atoms with Crippen LogP contribution in [0.5, 0.6) is 11.6 Å². The maximum absolute atomic E-state index is 12.0. The van der Waals surface area contributed by atoms with E-state index in [0.717, 1.165) is 5.56 Å². The van der Waals surface area contributed by atoms with E-state index in [2.05, 4.69) is 15.5 Å². The van der Waals surface area contributed by atoms with E-state index in [9.17, 15) is 4.79 Å². The van der Waals surface area contributed by atoms with Gasteiger partial charge in [0.05, 0.1) is 12.8 Å². The zero-order valence-electron chi connectivity index (χ0n) is 13.7. The number of aromatic nitrogens is 2. The van der Waals surface area contributed by atoms with Crippen LogP contribution >= 0.6 is 0 Å². The molecule has 1 aromatic heterocycles. The molecule has 0 aliphatic rings. The Morgan fingerprint density at radius 1 is 1.00 bits per heavy atom. The van der Waals surface area contributed by atoms with Crippen LogP contribution in [-0.2, 0) is 4.79 Å². The molecule has 0 aliphatic carbocycles. The molecule has 25 heavy (non-hydrogen) atoms. The van der Waals surface area contributed by atoms with Crippen LogP contribution in [0.1, 0.15) is 0 Å². The van der Waals surface area contributed by atoms with Crippen molar-refractivity contribution in [3.05, 3.63) is 66.7 Å². The molecule has 6 heteroatoms. The van der Waals surface area contributed by atoms with Crippen molar-refractivity contribution in [2.75, 3.05) is 19.0 Å². The molecule has 3 rings (SSSR count). The summed E-state index contributed by atoms with van der Waals surface area (Å²) < 4.78 is 10.4. The molecule has 6 nitrogen and oxygen atoms in total. The molecule has 0 saturated heterocycles. The van der Waals surface area contributed by atoms with Crippen LogP contribution in [0, 0.1) is 0 Å². The monoisotopic (exact) mass is 335 g/mol. The lowest BCUT2D eigenvalue weighted by molar-refractivity contribution is -0.118. The summed E-state index contributed by atoms with van der Waals surface area (Å²) in [5.74, 6) is 0.869. The zero-order valence-corrected chi connectivity index (χ0v) is 13.7. The first kappa shape index (κ1) is 16.4. The number of hydrogen-bond donors (Lipinski definition) is 1. The first-order chi connectivity index (χ1) is 12.2. The Morgan fingerprint density at radius 2 is 1.84 bits per heavy atom. The molecule has 0 spiro atoms. The number of carbonyl (C=O) groups is 1. The molecule has 0 bridgehead atoms. The average molecular weight is 335 g/mol. The minimum atomic E-state index is -0.234. The smallest absolute Gasteiger partial charge is 0.262 e. The number of anilines is 1. The lowest BCUT2D eigenvalue weighted by Gasteiger charge is -2.09. The van der Waals surface area contributed by atoms with Gasteiger partial charge in [0.25, 0.3) is 5.91 Å². The molecule has 3 aromatic rings. The maximum Gasteiger partial charge on any atom is 0.262 e. The van der Waals surface area contributed by atoms with Gasteiger partial charge in [0, 0.05) is 17.3 Å². The third-order valence-corrected chi connectivity index (χ3v) is 3.40. The number of ether oxygens (including phenoxy) is 2. The molecule has 1 N–H and O–H groups in total. The largest absolute Gasteiger partial charge is 0.484 e. The van der Waals surface area contributed by atoms with Crippen molar-refractivity contribution in [1.82, 2.24) is 10.2 Å². The predicted molar refractivity (Wildman–Crippen MR) is 94.6 cm³/mol. The van der Waals surface area contributed by atoms with E-state index in [1.807, 2.05) is 42.5 Å². The average Bonchev–Trinajstić information content (AvgIpc) is 2.67. The molecule has 0 aliphatic heterocycles. The molecule has 1 heterocycles. The third kappa shape index (κ3) is 4.54. The Balaban J connectivity index is 1.63. The number of methoxy groups -OCH3 is 1. The molecular weight excluding hydrogens is 318 g/mol. The Bertz CT molecular complexity index is 836. The van der Waals surface area contributed by atoms with E-state index < -0.39 is 0 Å². The highest BCUT2D eigenvalue weighted by Gasteiger charge is 2.06. The number of rotatable bonds is 6. The second kappa shape index (κ2) is 7.92. The van der Waals surface area contributed by atoms with Crippen molar-refractivity contribution < 1.29 is 14.3 Å². The van der Waals surface area contributed by atoms with Gasteiger partial charge in [0.2, 0.25) is 5.88 Å². The minimum Gasteiger partial charge on any atom is -0.484 e. The van der Waals surface area contributed by atoms with Crippen LogP contribution in [-0.4, -0.2) is 29.8 Å². The zero-order chi connectivity index (χ0) is 17.5. The fourth-order valence-electron chi connectivity index (χ4n) is 2.20. The molecule has 0 fully saturated rings. The number of nitrogens with one attached hydrogen (secondary N) is 1. The lowest BCUT2D eigenvalue weighted by atomic mass is 10.1.